The van der Waals surface area contributed by atoms with E-state index in [0.717, 1.165) is 16.8 Å². The van der Waals surface area contributed by atoms with Crippen LogP contribution >= 0.6 is 0 Å². The van der Waals surface area contributed by atoms with Crippen LogP contribution in [-0.4, -0.2) is 65.6 Å². The summed E-state index contributed by atoms with van der Waals surface area (Å²) < 4.78 is 16.5. The Morgan fingerprint density at radius 1 is 1.30 bits per heavy atom. The third-order valence-corrected chi connectivity index (χ3v) is 5.22. The third-order valence-electron chi connectivity index (χ3n) is 5.22. The Labute approximate surface area is 171 Å². The van der Waals surface area contributed by atoms with Crippen LogP contribution in [-0.2, 0) is 16.0 Å². The van der Waals surface area contributed by atoms with Gasteiger partial charge in [-0.3, -0.25) is 14.8 Å². The molecule has 0 aliphatic carbocycles. The number of aromatic nitrogens is 3. The fourth-order valence-electron chi connectivity index (χ4n) is 3.73. The number of cyclic esters (lactones) is 1. The van der Waals surface area contributed by atoms with Gasteiger partial charge in [0.05, 0.1) is 30.7 Å². The molecule has 1 N–H and O–H groups in total. The standard InChI is InChI=1S/C20H19N5O5/c1-24(2)19(26)16-10-25(20(27)29-16)11-3-4-12-15(9-11)28-8-6-13-17(12)22-23-18(13)14-5-7-21-30-14/h3-5,7,9,16H,6,8,10H2,1-2H3,(H,22,23)/t16-/m1/s1. The number of H-pyrrole nitrogens is 1. The van der Waals surface area contributed by atoms with Gasteiger partial charge in [-0.05, 0) is 12.1 Å². The molecule has 0 spiro atoms. The monoisotopic (exact) mass is 409 g/mol. The molecule has 2 aliphatic heterocycles. The number of carbonyl (C=O) groups excluding carboxylic acids is 2. The van der Waals surface area contributed by atoms with Gasteiger partial charge in [-0.2, -0.15) is 5.10 Å². The first-order valence-corrected chi connectivity index (χ1v) is 9.47. The summed E-state index contributed by atoms with van der Waals surface area (Å²) in [6, 6.07) is 7.21. The average molecular weight is 409 g/mol. The summed E-state index contributed by atoms with van der Waals surface area (Å²) in [5, 5.41) is 11.2. The number of likely N-dealkylation sites (N-methyl/N-ethyl adjacent to an activating group) is 1. The number of hydrogen-bond donors (Lipinski definition) is 1. The van der Waals surface area contributed by atoms with E-state index < -0.39 is 12.2 Å². The van der Waals surface area contributed by atoms with Gasteiger partial charge in [0.2, 0.25) is 0 Å². The fraction of sp³-hybridized carbons (Fsp3) is 0.300. The second kappa shape index (κ2) is 6.90. The second-order valence-electron chi connectivity index (χ2n) is 7.30. The quantitative estimate of drug-likeness (QED) is 0.704. The van der Waals surface area contributed by atoms with Crippen LogP contribution in [0.2, 0.25) is 0 Å². The summed E-state index contributed by atoms with van der Waals surface area (Å²) in [5.74, 6) is 0.956. The molecule has 2 amide bonds. The summed E-state index contributed by atoms with van der Waals surface area (Å²) in [4.78, 5) is 27.3. The van der Waals surface area contributed by atoms with E-state index >= 15 is 0 Å². The van der Waals surface area contributed by atoms with Gasteiger partial charge in [0.1, 0.15) is 11.4 Å². The maximum absolute atomic E-state index is 12.3. The maximum Gasteiger partial charge on any atom is 0.415 e. The number of nitrogens with zero attached hydrogens (tertiary/aromatic N) is 4. The predicted molar refractivity (Wildman–Crippen MR) is 105 cm³/mol. The van der Waals surface area contributed by atoms with Crippen LogP contribution in [0.3, 0.4) is 0 Å². The Morgan fingerprint density at radius 2 is 2.17 bits per heavy atom. The number of aromatic amines is 1. The number of hydrogen-bond acceptors (Lipinski definition) is 7. The number of rotatable bonds is 3. The Balaban J connectivity index is 1.47. The van der Waals surface area contributed by atoms with Gasteiger partial charge in [0.15, 0.2) is 11.9 Å². The van der Waals surface area contributed by atoms with E-state index in [0.29, 0.717) is 35.9 Å². The van der Waals surface area contributed by atoms with Crippen molar-refractivity contribution in [2.45, 2.75) is 12.5 Å². The first-order chi connectivity index (χ1) is 14.5. The van der Waals surface area contributed by atoms with Crippen LogP contribution in [0.25, 0.3) is 22.7 Å². The zero-order valence-electron chi connectivity index (χ0n) is 16.4. The van der Waals surface area contributed by atoms with Crippen molar-refractivity contribution in [2.75, 3.05) is 32.1 Å². The first kappa shape index (κ1) is 18.2. The summed E-state index contributed by atoms with van der Waals surface area (Å²) in [5.41, 5.74) is 3.96. The lowest BCUT2D eigenvalue weighted by Crippen LogP contribution is -2.36. The second-order valence-corrected chi connectivity index (χ2v) is 7.30. The zero-order valence-corrected chi connectivity index (χ0v) is 16.4. The van der Waals surface area contributed by atoms with Crippen molar-refractivity contribution < 1.29 is 23.6 Å². The van der Waals surface area contributed by atoms with Crippen molar-refractivity contribution in [1.29, 1.82) is 0 Å². The first-order valence-electron chi connectivity index (χ1n) is 9.47. The number of ether oxygens (including phenoxy) is 2. The van der Waals surface area contributed by atoms with Gasteiger partial charge in [0.25, 0.3) is 5.91 Å². The lowest BCUT2D eigenvalue weighted by Gasteiger charge is -2.16. The molecular formula is C20H19N5O5. The molecule has 154 valence electrons. The molecule has 3 aromatic rings. The molecule has 4 heterocycles. The SMILES string of the molecule is CN(C)C(=O)[C@H]1CN(c2ccc3c(c2)OCCc2c(-c4ccno4)n[nH]c2-3)C(=O)O1. The van der Waals surface area contributed by atoms with Gasteiger partial charge in [-0.1, -0.05) is 5.16 Å². The normalized spacial score (nSPS) is 17.6. The van der Waals surface area contributed by atoms with Gasteiger partial charge < -0.3 is 18.9 Å². The van der Waals surface area contributed by atoms with E-state index in [4.69, 9.17) is 14.0 Å². The molecule has 0 bridgehead atoms. The third kappa shape index (κ3) is 2.88. The molecule has 30 heavy (non-hydrogen) atoms. The van der Waals surface area contributed by atoms with E-state index in [9.17, 15) is 9.59 Å². The molecule has 10 heteroatoms. The minimum absolute atomic E-state index is 0.152. The minimum atomic E-state index is -0.823. The Kier molecular flexibility index (Phi) is 4.19. The molecule has 0 saturated carbocycles. The van der Waals surface area contributed by atoms with Gasteiger partial charge in [-0.15, -0.1) is 0 Å². The number of benzene rings is 1. The zero-order chi connectivity index (χ0) is 20.8. The van der Waals surface area contributed by atoms with Crippen molar-refractivity contribution >= 4 is 17.7 Å². The highest BCUT2D eigenvalue weighted by molar-refractivity contribution is 5.96. The lowest BCUT2D eigenvalue weighted by molar-refractivity contribution is -0.135. The molecule has 2 aliphatic rings. The number of carbonyl (C=O) groups is 2. The van der Waals surface area contributed by atoms with E-state index in [1.165, 1.54) is 9.80 Å². The summed E-state index contributed by atoms with van der Waals surface area (Å²) in [6.45, 7) is 0.593. The van der Waals surface area contributed by atoms with Crippen LogP contribution in [0, 0.1) is 0 Å². The van der Waals surface area contributed by atoms with E-state index in [1.807, 2.05) is 6.07 Å². The number of anilines is 1. The Morgan fingerprint density at radius 3 is 2.93 bits per heavy atom. The highest BCUT2D eigenvalue weighted by Crippen LogP contribution is 2.40. The molecule has 1 atom stereocenters. The molecule has 1 aromatic carbocycles. The number of nitrogens with one attached hydrogen (secondary N) is 1. The van der Waals surface area contributed by atoms with Gasteiger partial charge in [-0.25, -0.2) is 4.79 Å². The van der Waals surface area contributed by atoms with Crippen molar-refractivity contribution in [3.05, 3.63) is 36.0 Å². The lowest BCUT2D eigenvalue weighted by atomic mass is 10.0. The van der Waals surface area contributed by atoms with Crippen LogP contribution in [0.5, 0.6) is 5.75 Å². The van der Waals surface area contributed by atoms with Crippen molar-refractivity contribution in [3.8, 4) is 28.5 Å². The average Bonchev–Trinajstić information content (AvgIpc) is 3.45. The topological polar surface area (TPSA) is 114 Å². The summed E-state index contributed by atoms with van der Waals surface area (Å²) >= 11 is 0. The van der Waals surface area contributed by atoms with Crippen LogP contribution in [0.15, 0.2) is 35.0 Å². The molecule has 1 fully saturated rings. The minimum Gasteiger partial charge on any atom is -0.492 e. The van der Waals surface area contributed by atoms with Crippen LogP contribution < -0.4 is 9.64 Å². The number of fused-ring (bicyclic) bond motifs is 3. The predicted octanol–water partition coefficient (Wildman–Crippen LogP) is 2.08. The molecular weight excluding hydrogens is 390 g/mol. The Bertz CT molecular complexity index is 1120. The molecule has 2 aromatic heterocycles. The molecule has 5 rings (SSSR count). The molecule has 0 radical (unpaired) electrons. The maximum atomic E-state index is 12.3. The van der Waals surface area contributed by atoms with Gasteiger partial charge in [0, 0.05) is 43.8 Å². The van der Waals surface area contributed by atoms with E-state index in [1.54, 1.807) is 38.5 Å². The fourth-order valence-corrected chi connectivity index (χ4v) is 3.73. The molecule has 10 nitrogen and oxygen atoms in total. The highest BCUT2D eigenvalue weighted by atomic mass is 16.6. The van der Waals surface area contributed by atoms with Crippen LogP contribution in [0.1, 0.15) is 5.56 Å². The van der Waals surface area contributed by atoms with E-state index in [-0.39, 0.29) is 12.5 Å². The van der Waals surface area contributed by atoms with E-state index in [2.05, 4.69) is 15.4 Å². The van der Waals surface area contributed by atoms with Crippen molar-refractivity contribution in [3.63, 3.8) is 0 Å². The molecule has 0 unspecified atom stereocenters. The number of amides is 2. The highest BCUT2D eigenvalue weighted by Gasteiger charge is 2.38. The summed E-state index contributed by atoms with van der Waals surface area (Å²) in [6.07, 6.45) is 0.833. The largest absolute Gasteiger partial charge is 0.492 e. The van der Waals surface area contributed by atoms with Crippen molar-refractivity contribution in [1.82, 2.24) is 20.3 Å². The van der Waals surface area contributed by atoms with Gasteiger partial charge >= 0.3 is 6.09 Å². The smallest absolute Gasteiger partial charge is 0.415 e. The Hall–Kier alpha value is -3.82. The molecule has 1 saturated heterocycles. The van der Waals surface area contributed by atoms with Crippen molar-refractivity contribution in [2.24, 2.45) is 0 Å². The summed E-state index contributed by atoms with van der Waals surface area (Å²) in [7, 11) is 3.26. The van der Waals surface area contributed by atoms with Crippen LogP contribution in [0.4, 0.5) is 10.5 Å².